The molecular weight excluding hydrogens is 284 g/mol. The zero-order valence-electron chi connectivity index (χ0n) is 10.5. The highest BCUT2D eigenvalue weighted by Gasteiger charge is 2.06. The molecule has 0 aliphatic carbocycles. The van der Waals surface area contributed by atoms with E-state index < -0.39 is 0 Å². The lowest BCUT2D eigenvalue weighted by Gasteiger charge is -2.14. The van der Waals surface area contributed by atoms with Gasteiger partial charge in [0.25, 0.3) is 0 Å². The first kappa shape index (κ1) is 14.3. The Morgan fingerprint density at radius 1 is 1.11 bits per heavy atom. The fraction of sp³-hybridized carbons (Fsp3) is 0.200. The number of nitrogens with one attached hydrogen (secondary N) is 1. The topological polar surface area (TPSA) is 12.0 Å². The van der Waals surface area contributed by atoms with Gasteiger partial charge in [-0.3, -0.25) is 0 Å². The summed E-state index contributed by atoms with van der Waals surface area (Å²) in [6, 6.07) is 12.2. The normalized spacial score (nSPS) is 12.4. The fourth-order valence-electron chi connectivity index (χ4n) is 1.81. The summed E-state index contributed by atoms with van der Waals surface area (Å²) >= 11 is 11.8. The Hall–Kier alpha value is -1.09. The summed E-state index contributed by atoms with van der Waals surface area (Å²) in [5.41, 5.74) is 1.96. The second-order valence-corrected chi connectivity index (χ2v) is 5.22. The standard InChI is InChI=1S/C15H14Cl2FN/c1-10(12-3-2-4-13(18)8-12)19-9-11-5-6-14(16)15(17)7-11/h2-8,10,19H,9H2,1H3. The van der Waals surface area contributed by atoms with E-state index in [9.17, 15) is 4.39 Å². The molecular formula is C15H14Cl2FN. The maximum Gasteiger partial charge on any atom is 0.123 e. The van der Waals surface area contributed by atoms with Gasteiger partial charge < -0.3 is 5.32 Å². The smallest absolute Gasteiger partial charge is 0.123 e. The summed E-state index contributed by atoms with van der Waals surface area (Å²) in [5.74, 6) is -0.222. The van der Waals surface area contributed by atoms with Crippen LogP contribution < -0.4 is 5.32 Å². The van der Waals surface area contributed by atoms with Gasteiger partial charge in [0.15, 0.2) is 0 Å². The highest BCUT2D eigenvalue weighted by molar-refractivity contribution is 6.42. The average molecular weight is 298 g/mol. The van der Waals surface area contributed by atoms with Crippen LogP contribution in [0.4, 0.5) is 4.39 Å². The first-order valence-corrected chi connectivity index (χ1v) is 6.74. The molecule has 0 radical (unpaired) electrons. The number of hydrogen-bond acceptors (Lipinski definition) is 1. The van der Waals surface area contributed by atoms with E-state index in [2.05, 4.69) is 5.32 Å². The summed E-state index contributed by atoms with van der Waals surface area (Å²) < 4.78 is 13.1. The molecule has 0 saturated carbocycles. The predicted molar refractivity (Wildman–Crippen MR) is 78.1 cm³/mol. The summed E-state index contributed by atoms with van der Waals surface area (Å²) in [6.45, 7) is 2.64. The van der Waals surface area contributed by atoms with Crippen molar-refractivity contribution in [3.05, 3.63) is 69.5 Å². The van der Waals surface area contributed by atoms with Gasteiger partial charge in [-0.1, -0.05) is 41.4 Å². The van der Waals surface area contributed by atoms with Crippen LogP contribution in [0.1, 0.15) is 24.1 Å². The molecule has 0 aliphatic rings. The minimum Gasteiger partial charge on any atom is -0.306 e. The van der Waals surface area contributed by atoms with E-state index in [1.54, 1.807) is 12.1 Å². The number of halogens is 3. The van der Waals surface area contributed by atoms with Gasteiger partial charge in [-0.25, -0.2) is 4.39 Å². The molecule has 19 heavy (non-hydrogen) atoms. The van der Waals surface area contributed by atoms with Crippen molar-refractivity contribution in [1.29, 1.82) is 0 Å². The molecule has 1 unspecified atom stereocenters. The third-order valence-corrected chi connectivity index (χ3v) is 3.68. The Kier molecular flexibility index (Phi) is 4.81. The predicted octanol–water partition coefficient (Wildman–Crippen LogP) is 4.98. The summed E-state index contributed by atoms with van der Waals surface area (Å²) in [7, 11) is 0. The van der Waals surface area contributed by atoms with E-state index in [1.165, 1.54) is 12.1 Å². The van der Waals surface area contributed by atoms with Crippen LogP contribution in [0.3, 0.4) is 0 Å². The highest BCUT2D eigenvalue weighted by Crippen LogP contribution is 2.23. The Morgan fingerprint density at radius 2 is 1.89 bits per heavy atom. The van der Waals surface area contributed by atoms with Gasteiger partial charge in [-0.15, -0.1) is 0 Å². The van der Waals surface area contributed by atoms with Crippen LogP contribution in [0, 0.1) is 5.82 Å². The molecule has 2 rings (SSSR count). The van der Waals surface area contributed by atoms with Crippen LogP contribution in [0.25, 0.3) is 0 Å². The van der Waals surface area contributed by atoms with Crippen molar-refractivity contribution in [2.45, 2.75) is 19.5 Å². The fourth-order valence-corrected chi connectivity index (χ4v) is 2.14. The lowest BCUT2D eigenvalue weighted by molar-refractivity contribution is 0.565. The molecule has 0 heterocycles. The third kappa shape index (κ3) is 3.93. The van der Waals surface area contributed by atoms with Crippen LogP contribution in [-0.4, -0.2) is 0 Å². The molecule has 4 heteroatoms. The second kappa shape index (κ2) is 6.38. The summed E-state index contributed by atoms with van der Waals surface area (Å²) in [4.78, 5) is 0. The van der Waals surface area contributed by atoms with Crippen molar-refractivity contribution < 1.29 is 4.39 Å². The van der Waals surface area contributed by atoms with Gasteiger partial charge in [-0.05, 0) is 42.3 Å². The summed E-state index contributed by atoms with van der Waals surface area (Å²) in [5, 5.41) is 4.41. The molecule has 0 spiro atoms. The van der Waals surface area contributed by atoms with Gasteiger partial charge in [0.1, 0.15) is 5.82 Å². The molecule has 1 atom stereocenters. The van der Waals surface area contributed by atoms with Crippen LogP contribution in [0.2, 0.25) is 10.0 Å². The van der Waals surface area contributed by atoms with E-state index in [1.807, 2.05) is 25.1 Å². The SMILES string of the molecule is CC(NCc1ccc(Cl)c(Cl)c1)c1cccc(F)c1. The van der Waals surface area contributed by atoms with E-state index in [4.69, 9.17) is 23.2 Å². The van der Waals surface area contributed by atoms with Gasteiger partial charge in [-0.2, -0.15) is 0 Å². The number of hydrogen-bond donors (Lipinski definition) is 1. The van der Waals surface area contributed by atoms with Crippen molar-refractivity contribution in [3.8, 4) is 0 Å². The van der Waals surface area contributed by atoms with Gasteiger partial charge in [0.2, 0.25) is 0 Å². The molecule has 1 N–H and O–H groups in total. The average Bonchev–Trinajstić information content (AvgIpc) is 2.40. The van der Waals surface area contributed by atoms with Gasteiger partial charge >= 0.3 is 0 Å². The quantitative estimate of drug-likeness (QED) is 0.839. The zero-order chi connectivity index (χ0) is 13.8. The minimum absolute atomic E-state index is 0.0603. The minimum atomic E-state index is -0.222. The van der Waals surface area contributed by atoms with Crippen LogP contribution in [0.5, 0.6) is 0 Å². The second-order valence-electron chi connectivity index (χ2n) is 4.41. The molecule has 2 aromatic rings. The molecule has 100 valence electrons. The zero-order valence-corrected chi connectivity index (χ0v) is 12.0. The highest BCUT2D eigenvalue weighted by atomic mass is 35.5. The lowest BCUT2D eigenvalue weighted by atomic mass is 10.1. The van der Waals surface area contributed by atoms with E-state index in [0.717, 1.165) is 11.1 Å². The third-order valence-electron chi connectivity index (χ3n) is 2.95. The van der Waals surface area contributed by atoms with Crippen LogP contribution >= 0.6 is 23.2 Å². The van der Waals surface area contributed by atoms with Crippen LogP contribution in [-0.2, 0) is 6.54 Å². The molecule has 0 fully saturated rings. The van der Waals surface area contributed by atoms with E-state index >= 15 is 0 Å². The molecule has 0 saturated heterocycles. The molecule has 0 aromatic heterocycles. The van der Waals surface area contributed by atoms with Crippen molar-refractivity contribution in [2.75, 3.05) is 0 Å². The van der Waals surface area contributed by atoms with Gasteiger partial charge in [0, 0.05) is 12.6 Å². The maximum atomic E-state index is 13.1. The molecule has 2 aromatic carbocycles. The summed E-state index contributed by atoms with van der Waals surface area (Å²) in [6.07, 6.45) is 0. The van der Waals surface area contributed by atoms with E-state index in [0.29, 0.717) is 16.6 Å². The first-order chi connectivity index (χ1) is 9.06. The van der Waals surface area contributed by atoms with Crippen molar-refractivity contribution in [2.24, 2.45) is 0 Å². The Labute approximate surface area is 122 Å². The number of rotatable bonds is 4. The van der Waals surface area contributed by atoms with Gasteiger partial charge in [0.05, 0.1) is 10.0 Å². The van der Waals surface area contributed by atoms with Crippen molar-refractivity contribution in [1.82, 2.24) is 5.32 Å². The molecule has 0 amide bonds. The Balaban J connectivity index is 2.00. The first-order valence-electron chi connectivity index (χ1n) is 5.99. The van der Waals surface area contributed by atoms with Crippen LogP contribution in [0.15, 0.2) is 42.5 Å². The Bertz CT molecular complexity index is 572. The maximum absolute atomic E-state index is 13.1. The lowest BCUT2D eigenvalue weighted by Crippen LogP contribution is -2.18. The largest absolute Gasteiger partial charge is 0.306 e. The van der Waals surface area contributed by atoms with Crippen molar-refractivity contribution in [3.63, 3.8) is 0 Å². The van der Waals surface area contributed by atoms with Crippen molar-refractivity contribution >= 4 is 23.2 Å². The molecule has 1 nitrogen and oxygen atoms in total. The molecule has 0 aliphatic heterocycles. The Morgan fingerprint density at radius 3 is 2.58 bits per heavy atom. The number of benzene rings is 2. The molecule has 0 bridgehead atoms. The monoisotopic (exact) mass is 297 g/mol. The van der Waals surface area contributed by atoms with E-state index in [-0.39, 0.29) is 11.9 Å².